The van der Waals surface area contributed by atoms with Crippen molar-refractivity contribution in [3.63, 3.8) is 0 Å². The van der Waals surface area contributed by atoms with Gasteiger partial charge in [0.15, 0.2) is 0 Å². The maximum absolute atomic E-state index is 12.6. The van der Waals surface area contributed by atoms with Crippen LogP contribution < -0.4 is 0 Å². The monoisotopic (exact) mass is 863 g/mol. The van der Waals surface area contributed by atoms with Crippen molar-refractivity contribution in [1.82, 2.24) is 0 Å². The van der Waals surface area contributed by atoms with Crippen LogP contribution in [0.5, 0.6) is 0 Å². The van der Waals surface area contributed by atoms with Crippen LogP contribution in [0, 0.1) is 0 Å². The summed E-state index contributed by atoms with van der Waals surface area (Å²) in [5, 5.41) is 18.4. The molecule has 346 valence electrons. The second-order valence-corrected chi connectivity index (χ2v) is 16.8. The van der Waals surface area contributed by atoms with Crippen molar-refractivity contribution in [2.75, 3.05) is 33.0 Å². The Morgan fingerprint density at radius 2 is 0.950 bits per heavy atom. The van der Waals surface area contributed by atoms with E-state index in [1.165, 1.54) is 57.8 Å². The molecule has 3 unspecified atom stereocenters. The fraction of sp³-hybridized carbons (Fsp3) is 0.700. The quantitative estimate of drug-likeness (QED) is 0.0237. The highest BCUT2D eigenvalue weighted by Gasteiger charge is 2.26. The van der Waals surface area contributed by atoms with Gasteiger partial charge in [0.1, 0.15) is 12.2 Å². The van der Waals surface area contributed by atoms with Crippen LogP contribution in [-0.2, 0) is 27.9 Å². The normalized spacial score (nSPS) is 14.7. The summed E-state index contributed by atoms with van der Waals surface area (Å²) >= 11 is 0. The molecule has 0 rings (SSSR count). The van der Waals surface area contributed by atoms with Crippen molar-refractivity contribution >= 4 is 13.8 Å². The predicted octanol–water partition coefficient (Wildman–Crippen LogP) is 13.5. The first-order valence-electron chi connectivity index (χ1n) is 23.6. The molecule has 0 fully saturated rings. The molecule has 10 heteroatoms. The fourth-order valence-corrected chi connectivity index (χ4v) is 6.79. The largest absolute Gasteiger partial charge is 0.472 e. The van der Waals surface area contributed by atoms with Gasteiger partial charge < -0.3 is 24.6 Å². The van der Waals surface area contributed by atoms with Crippen LogP contribution in [0.4, 0.5) is 0 Å². The summed E-state index contributed by atoms with van der Waals surface area (Å²) in [5.41, 5.74) is 0. The molecular formula is C50H87O9P. The topological polar surface area (TPSA) is 132 Å². The van der Waals surface area contributed by atoms with Gasteiger partial charge in [0, 0.05) is 13.0 Å². The average Bonchev–Trinajstić information content (AvgIpc) is 3.24. The van der Waals surface area contributed by atoms with E-state index in [0.29, 0.717) is 13.0 Å². The molecule has 0 aromatic carbocycles. The Kier molecular flexibility index (Phi) is 44.3. The summed E-state index contributed by atoms with van der Waals surface area (Å²) in [7, 11) is -4.53. The molecular weight excluding hydrogens is 776 g/mol. The lowest BCUT2D eigenvalue weighted by Crippen LogP contribution is -2.29. The van der Waals surface area contributed by atoms with E-state index in [1.807, 2.05) is 0 Å². The number of unbranched alkanes of at least 4 members (excludes halogenated alkanes) is 16. The van der Waals surface area contributed by atoms with E-state index in [9.17, 15) is 19.4 Å². The average molecular weight is 863 g/mol. The number of ether oxygens (including phenoxy) is 2. The molecule has 0 aromatic rings. The van der Waals surface area contributed by atoms with Crippen molar-refractivity contribution in [2.45, 2.75) is 193 Å². The third kappa shape index (κ3) is 45.2. The molecule has 3 atom stereocenters. The standard InChI is InChI=1S/C50H87O9P/c1-3-5-7-9-11-13-15-17-19-20-21-22-23-24-25-26-27-29-31-33-35-37-39-41-43-56-46-49(47-58-60(54,55)57-45-48(52)44-51)59-50(53)42-40-38-36-34-32-30-28-18-16-14-12-10-8-6-4-2/h5,7,11-14,17-19,21-22,24-25,28,48-49,51-52H,3-4,6,8-10,15-16,20,23,26-27,29-47H2,1-2H3,(H,54,55)/b7-5-,13-11-,14-12-,19-17-,22-21-,25-24-,28-18-. The van der Waals surface area contributed by atoms with Crippen molar-refractivity contribution in [3.05, 3.63) is 85.1 Å². The smallest absolute Gasteiger partial charge is 0.457 e. The minimum Gasteiger partial charge on any atom is -0.457 e. The molecule has 0 radical (unpaired) electrons. The third-order valence-electron chi connectivity index (χ3n) is 9.56. The highest BCUT2D eigenvalue weighted by Crippen LogP contribution is 2.43. The summed E-state index contributed by atoms with van der Waals surface area (Å²) in [6.45, 7) is 3.33. The Morgan fingerprint density at radius 3 is 1.43 bits per heavy atom. The fourth-order valence-electron chi connectivity index (χ4n) is 6.00. The molecule has 0 bridgehead atoms. The summed E-state index contributed by atoms with van der Waals surface area (Å²) in [5.74, 6) is -0.403. The van der Waals surface area contributed by atoms with Crippen LogP contribution in [0.15, 0.2) is 85.1 Å². The summed E-state index contributed by atoms with van der Waals surface area (Å²) in [6, 6.07) is 0. The minimum absolute atomic E-state index is 0.0328. The van der Waals surface area contributed by atoms with Crippen LogP contribution >= 0.6 is 7.82 Å². The minimum atomic E-state index is -4.53. The summed E-state index contributed by atoms with van der Waals surface area (Å²) < 4.78 is 33.4. The lowest BCUT2D eigenvalue weighted by atomic mass is 10.1. The first kappa shape index (κ1) is 57.6. The molecule has 0 spiro atoms. The van der Waals surface area contributed by atoms with E-state index in [4.69, 9.17) is 23.6 Å². The van der Waals surface area contributed by atoms with Gasteiger partial charge in [-0.3, -0.25) is 13.8 Å². The zero-order chi connectivity index (χ0) is 43.9. The number of aliphatic hydroxyl groups is 2. The number of rotatable bonds is 44. The van der Waals surface area contributed by atoms with Crippen molar-refractivity contribution in [2.24, 2.45) is 0 Å². The highest BCUT2D eigenvalue weighted by molar-refractivity contribution is 7.47. The maximum Gasteiger partial charge on any atom is 0.472 e. The molecule has 60 heavy (non-hydrogen) atoms. The van der Waals surface area contributed by atoms with Crippen LogP contribution in [0.2, 0.25) is 0 Å². The van der Waals surface area contributed by atoms with Gasteiger partial charge in [-0.25, -0.2) is 4.57 Å². The number of phosphoric ester groups is 1. The summed E-state index contributed by atoms with van der Waals surface area (Å²) in [4.78, 5) is 22.6. The van der Waals surface area contributed by atoms with Gasteiger partial charge >= 0.3 is 13.8 Å². The third-order valence-corrected chi connectivity index (χ3v) is 10.5. The SMILES string of the molecule is CC/C=C\C/C=C\C/C=C\C/C=C\C/C=C\CCCCCCCCCCOCC(COP(=O)(O)OCC(O)CO)OC(=O)CCCCCCC/C=C\C/C=C\CCCCC. The molecule has 0 aromatic heterocycles. The van der Waals surface area contributed by atoms with E-state index in [0.717, 1.165) is 96.3 Å². The Bertz CT molecular complexity index is 1210. The van der Waals surface area contributed by atoms with Gasteiger partial charge in [-0.2, -0.15) is 0 Å². The van der Waals surface area contributed by atoms with Gasteiger partial charge in [0.2, 0.25) is 0 Å². The number of hydrogen-bond acceptors (Lipinski definition) is 8. The zero-order valence-electron chi connectivity index (χ0n) is 37.9. The van der Waals surface area contributed by atoms with Gasteiger partial charge in [0.05, 0.1) is 26.4 Å². The number of aliphatic hydroxyl groups excluding tert-OH is 2. The first-order valence-corrected chi connectivity index (χ1v) is 25.1. The highest BCUT2D eigenvalue weighted by atomic mass is 31.2. The number of hydrogen-bond donors (Lipinski definition) is 3. The molecule has 3 N–H and O–H groups in total. The molecule has 0 saturated carbocycles. The number of phosphoric acid groups is 1. The number of carbonyl (C=O) groups is 1. The molecule has 0 aliphatic carbocycles. The Labute approximate surface area is 366 Å². The molecule has 0 saturated heterocycles. The number of esters is 1. The Morgan fingerprint density at radius 1 is 0.533 bits per heavy atom. The van der Waals surface area contributed by atoms with Crippen LogP contribution in [0.25, 0.3) is 0 Å². The van der Waals surface area contributed by atoms with Gasteiger partial charge in [-0.05, 0) is 89.9 Å². The molecule has 9 nitrogen and oxygen atoms in total. The zero-order valence-corrected chi connectivity index (χ0v) is 38.8. The van der Waals surface area contributed by atoms with Gasteiger partial charge in [-0.1, -0.05) is 170 Å². The van der Waals surface area contributed by atoms with E-state index < -0.39 is 45.8 Å². The van der Waals surface area contributed by atoms with Crippen molar-refractivity contribution < 1.29 is 43.0 Å². The maximum atomic E-state index is 12.6. The van der Waals surface area contributed by atoms with Crippen LogP contribution in [0.1, 0.15) is 181 Å². The second-order valence-electron chi connectivity index (χ2n) is 15.4. The van der Waals surface area contributed by atoms with Gasteiger partial charge in [-0.15, -0.1) is 0 Å². The van der Waals surface area contributed by atoms with E-state index in [1.54, 1.807) is 0 Å². The molecule has 0 aliphatic heterocycles. The first-order chi connectivity index (χ1) is 29.3. The van der Waals surface area contributed by atoms with Crippen molar-refractivity contribution in [3.8, 4) is 0 Å². The predicted molar refractivity (Wildman–Crippen MR) is 251 cm³/mol. The molecule has 0 aliphatic rings. The van der Waals surface area contributed by atoms with E-state index in [-0.39, 0.29) is 13.0 Å². The second kappa shape index (κ2) is 46.2. The Balaban J connectivity index is 4.15. The van der Waals surface area contributed by atoms with Crippen LogP contribution in [-0.4, -0.2) is 66.3 Å². The number of carbonyl (C=O) groups excluding carboxylic acids is 1. The van der Waals surface area contributed by atoms with Crippen LogP contribution in [0.3, 0.4) is 0 Å². The molecule has 0 amide bonds. The summed E-state index contributed by atoms with van der Waals surface area (Å²) in [6.07, 6.45) is 56.8. The van der Waals surface area contributed by atoms with E-state index >= 15 is 0 Å². The van der Waals surface area contributed by atoms with E-state index in [2.05, 4.69) is 98.9 Å². The molecule has 0 heterocycles. The van der Waals surface area contributed by atoms with Crippen molar-refractivity contribution in [1.29, 1.82) is 0 Å². The van der Waals surface area contributed by atoms with Gasteiger partial charge in [0.25, 0.3) is 0 Å². The lowest BCUT2D eigenvalue weighted by molar-refractivity contribution is -0.154. The number of allylic oxidation sites excluding steroid dienone is 14. The lowest BCUT2D eigenvalue weighted by Gasteiger charge is -2.20. The Hall–Kier alpha value is -2.36.